The number of anilines is 2. The lowest BCUT2D eigenvalue weighted by atomic mass is 9.81. The van der Waals surface area contributed by atoms with E-state index in [0.29, 0.717) is 16.8 Å². The maximum absolute atomic E-state index is 13.3. The molecule has 0 aromatic heterocycles. The highest BCUT2D eigenvalue weighted by Gasteiger charge is 2.43. The van der Waals surface area contributed by atoms with Crippen LogP contribution in [0.15, 0.2) is 108 Å². The molecular formula is C30H26N4O5. The van der Waals surface area contributed by atoms with E-state index >= 15 is 0 Å². The third-order valence-electron chi connectivity index (χ3n) is 6.41. The monoisotopic (exact) mass is 522 g/mol. The second kappa shape index (κ2) is 11.4. The van der Waals surface area contributed by atoms with Gasteiger partial charge in [0.2, 0.25) is 0 Å². The minimum Gasteiger partial charge on any atom is -0.466 e. The molecule has 39 heavy (non-hydrogen) atoms. The average molecular weight is 523 g/mol. The zero-order chi connectivity index (χ0) is 28.1. The van der Waals surface area contributed by atoms with Crippen molar-refractivity contribution in [3.8, 4) is 6.07 Å². The molecule has 0 bridgehead atoms. The fourth-order valence-corrected chi connectivity index (χ4v) is 4.52. The summed E-state index contributed by atoms with van der Waals surface area (Å²) in [5, 5.41) is 10.2. The van der Waals surface area contributed by atoms with Crippen LogP contribution in [0.1, 0.15) is 21.8 Å². The Balaban J connectivity index is 1.93. The summed E-state index contributed by atoms with van der Waals surface area (Å²) in [5.74, 6) is -3.08. The third-order valence-corrected chi connectivity index (χ3v) is 6.41. The summed E-state index contributed by atoms with van der Waals surface area (Å²) >= 11 is 0. The fourth-order valence-electron chi connectivity index (χ4n) is 4.52. The molecule has 3 aromatic carbocycles. The Morgan fingerprint density at radius 1 is 0.897 bits per heavy atom. The molecule has 0 saturated carbocycles. The smallest absolute Gasteiger partial charge is 0.355 e. The SMILES string of the molecule is COC(=O)C1=C(C(=O)OC)N(c2cccc(C(=O)N(C)c3ccccc3)c2)C(N)=C(C#N)C1c1ccccc1. The number of benzene rings is 3. The number of allylic oxidation sites excluding steroid dienone is 1. The molecule has 4 rings (SSSR count). The van der Waals surface area contributed by atoms with Crippen molar-refractivity contribution >= 4 is 29.2 Å². The maximum atomic E-state index is 13.3. The van der Waals surface area contributed by atoms with Crippen molar-refractivity contribution in [1.29, 1.82) is 5.26 Å². The van der Waals surface area contributed by atoms with Gasteiger partial charge in [-0.2, -0.15) is 5.26 Å². The molecule has 2 N–H and O–H groups in total. The normalized spacial score (nSPS) is 14.9. The Bertz CT molecular complexity index is 1520. The van der Waals surface area contributed by atoms with E-state index in [1.807, 2.05) is 18.2 Å². The summed E-state index contributed by atoms with van der Waals surface area (Å²) < 4.78 is 10.1. The van der Waals surface area contributed by atoms with Gasteiger partial charge in [0.25, 0.3) is 5.91 Å². The molecule has 0 saturated heterocycles. The van der Waals surface area contributed by atoms with Crippen LogP contribution in [0, 0.1) is 11.3 Å². The number of ether oxygens (including phenoxy) is 2. The summed E-state index contributed by atoms with van der Waals surface area (Å²) in [6.07, 6.45) is 0. The van der Waals surface area contributed by atoms with E-state index in [1.165, 1.54) is 30.1 Å². The Morgan fingerprint density at radius 2 is 1.51 bits per heavy atom. The van der Waals surface area contributed by atoms with Gasteiger partial charge in [0.1, 0.15) is 11.5 Å². The van der Waals surface area contributed by atoms with Gasteiger partial charge in [0.05, 0.1) is 37.4 Å². The quantitative estimate of drug-likeness (QED) is 0.484. The van der Waals surface area contributed by atoms with Gasteiger partial charge in [0, 0.05) is 24.0 Å². The van der Waals surface area contributed by atoms with Gasteiger partial charge in [-0.3, -0.25) is 9.69 Å². The number of carbonyl (C=O) groups is 3. The van der Waals surface area contributed by atoms with Crippen LogP contribution in [0.4, 0.5) is 11.4 Å². The zero-order valence-electron chi connectivity index (χ0n) is 21.6. The second-order valence-electron chi connectivity index (χ2n) is 8.59. The van der Waals surface area contributed by atoms with Crippen LogP contribution in [-0.2, 0) is 19.1 Å². The summed E-state index contributed by atoms with van der Waals surface area (Å²) in [4.78, 5) is 42.5. The summed E-state index contributed by atoms with van der Waals surface area (Å²) in [6, 6.07) is 26.3. The molecule has 1 heterocycles. The lowest BCUT2D eigenvalue weighted by molar-refractivity contribution is -0.139. The molecule has 0 fully saturated rings. The predicted molar refractivity (Wildman–Crippen MR) is 145 cm³/mol. The number of carbonyl (C=O) groups excluding carboxylic acids is 3. The molecule has 0 spiro atoms. The first-order chi connectivity index (χ1) is 18.8. The van der Waals surface area contributed by atoms with Crippen molar-refractivity contribution in [3.05, 3.63) is 119 Å². The zero-order valence-corrected chi connectivity index (χ0v) is 21.6. The van der Waals surface area contributed by atoms with Crippen molar-refractivity contribution in [2.75, 3.05) is 31.1 Å². The van der Waals surface area contributed by atoms with E-state index < -0.39 is 17.9 Å². The van der Waals surface area contributed by atoms with Gasteiger partial charge in [-0.15, -0.1) is 0 Å². The summed E-state index contributed by atoms with van der Waals surface area (Å²) in [7, 11) is 4.00. The second-order valence-corrected chi connectivity index (χ2v) is 8.59. The van der Waals surface area contributed by atoms with Gasteiger partial charge in [-0.1, -0.05) is 54.6 Å². The molecule has 1 aliphatic heterocycles. The van der Waals surface area contributed by atoms with Crippen LogP contribution in [0.25, 0.3) is 0 Å². The van der Waals surface area contributed by atoms with Gasteiger partial charge in [-0.05, 0) is 35.9 Å². The predicted octanol–water partition coefficient (Wildman–Crippen LogP) is 3.86. The topological polar surface area (TPSA) is 126 Å². The molecule has 196 valence electrons. The van der Waals surface area contributed by atoms with Gasteiger partial charge < -0.3 is 20.1 Å². The van der Waals surface area contributed by atoms with Crippen LogP contribution >= 0.6 is 0 Å². The minimum atomic E-state index is -0.983. The highest BCUT2D eigenvalue weighted by atomic mass is 16.5. The molecule has 3 aromatic rings. The van der Waals surface area contributed by atoms with Crippen LogP contribution < -0.4 is 15.5 Å². The van der Waals surface area contributed by atoms with Gasteiger partial charge >= 0.3 is 11.9 Å². The standard InChI is InChI=1S/C30H26N4O5/c1-33(21-14-8-5-9-15-21)28(35)20-13-10-16-22(17-20)34-26(30(37)39-3)25(29(36)38-2)24(23(18-31)27(34)32)19-11-6-4-7-12-19/h4-17,24H,32H2,1-3H3. The molecule has 9 nitrogen and oxygen atoms in total. The van der Waals surface area contributed by atoms with Crippen LogP contribution in [0.2, 0.25) is 0 Å². The number of amides is 1. The molecule has 1 aliphatic rings. The Kier molecular flexibility index (Phi) is 7.77. The van der Waals surface area contributed by atoms with E-state index in [-0.39, 0.29) is 34.3 Å². The lowest BCUT2D eigenvalue weighted by Gasteiger charge is -2.36. The number of nitriles is 1. The van der Waals surface area contributed by atoms with E-state index in [2.05, 4.69) is 6.07 Å². The largest absolute Gasteiger partial charge is 0.466 e. The van der Waals surface area contributed by atoms with E-state index in [0.717, 1.165) is 0 Å². The molecular weight excluding hydrogens is 496 g/mol. The Morgan fingerprint density at radius 3 is 2.10 bits per heavy atom. The Labute approximate surface area is 226 Å². The lowest BCUT2D eigenvalue weighted by Crippen LogP contribution is -2.40. The number of hydrogen-bond donors (Lipinski definition) is 1. The first kappa shape index (κ1) is 26.7. The summed E-state index contributed by atoms with van der Waals surface area (Å²) in [5.41, 5.74) is 8.08. The van der Waals surface area contributed by atoms with Crippen molar-refractivity contribution in [2.24, 2.45) is 5.73 Å². The average Bonchev–Trinajstić information content (AvgIpc) is 2.99. The number of rotatable bonds is 6. The van der Waals surface area contributed by atoms with Gasteiger partial charge in [-0.25, -0.2) is 9.59 Å². The number of hydrogen-bond acceptors (Lipinski definition) is 8. The molecule has 0 aliphatic carbocycles. The van der Waals surface area contributed by atoms with Gasteiger partial charge in [0.15, 0.2) is 0 Å². The number of nitrogens with two attached hydrogens (primary N) is 1. The van der Waals surface area contributed by atoms with Crippen molar-refractivity contribution < 1.29 is 23.9 Å². The van der Waals surface area contributed by atoms with E-state index in [1.54, 1.807) is 67.7 Å². The molecule has 1 amide bonds. The number of nitrogens with zero attached hydrogens (tertiary/aromatic N) is 3. The molecule has 1 unspecified atom stereocenters. The Hall–Kier alpha value is -5.36. The minimum absolute atomic E-state index is 0.0346. The molecule has 0 radical (unpaired) electrons. The highest BCUT2D eigenvalue weighted by Crippen LogP contribution is 2.43. The maximum Gasteiger partial charge on any atom is 0.355 e. The number of para-hydroxylation sites is 1. The third kappa shape index (κ3) is 4.95. The van der Waals surface area contributed by atoms with Crippen LogP contribution in [-0.4, -0.2) is 39.1 Å². The van der Waals surface area contributed by atoms with E-state index in [9.17, 15) is 19.6 Å². The first-order valence-electron chi connectivity index (χ1n) is 11.9. The van der Waals surface area contributed by atoms with Crippen molar-refractivity contribution in [1.82, 2.24) is 0 Å². The summed E-state index contributed by atoms with van der Waals surface area (Å²) in [6.45, 7) is 0. The van der Waals surface area contributed by atoms with Crippen molar-refractivity contribution in [3.63, 3.8) is 0 Å². The van der Waals surface area contributed by atoms with Crippen LogP contribution in [0.5, 0.6) is 0 Å². The molecule has 9 heteroatoms. The first-order valence-corrected chi connectivity index (χ1v) is 11.9. The van der Waals surface area contributed by atoms with Crippen molar-refractivity contribution in [2.45, 2.75) is 5.92 Å². The molecule has 1 atom stereocenters. The van der Waals surface area contributed by atoms with Crippen LogP contribution in [0.3, 0.4) is 0 Å². The number of esters is 2. The van der Waals surface area contributed by atoms with E-state index in [4.69, 9.17) is 15.2 Å². The number of methoxy groups -OCH3 is 2. The fraction of sp³-hybridized carbons (Fsp3) is 0.133. The highest BCUT2D eigenvalue weighted by molar-refractivity contribution is 6.08.